The third-order valence-corrected chi connectivity index (χ3v) is 2.43. The minimum absolute atomic E-state index is 0.867. The molecule has 1 radical (unpaired) electrons. The summed E-state index contributed by atoms with van der Waals surface area (Å²) < 4.78 is 5.56. The third kappa shape index (κ3) is 2.86. The first-order valence-corrected chi connectivity index (χ1v) is 5.37. The Hall–Kier alpha value is -1.76. The number of benzene rings is 2. The van der Waals surface area contributed by atoms with Gasteiger partial charge < -0.3 is 4.74 Å². The summed E-state index contributed by atoms with van der Waals surface area (Å²) in [5, 5.41) is 0. The molecule has 2 aromatic carbocycles. The smallest absolute Gasteiger partial charge is 0.165 e. The lowest BCUT2D eigenvalue weighted by Crippen LogP contribution is -1.92. The molecule has 81 valence electrons. The fraction of sp³-hybridized carbons (Fsp3) is 0.133. The Labute approximate surface area is 96.7 Å². The van der Waals surface area contributed by atoms with Crippen LogP contribution in [0.5, 0.6) is 5.75 Å². The molecule has 1 nitrogen and oxygen atoms in total. The fourth-order valence-corrected chi connectivity index (χ4v) is 1.40. The van der Waals surface area contributed by atoms with Gasteiger partial charge in [-0.05, 0) is 31.5 Å². The highest BCUT2D eigenvalue weighted by molar-refractivity contribution is 5.30. The first-order valence-electron chi connectivity index (χ1n) is 5.37. The molecular weight excluding hydrogens is 196 g/mol. The molecule has 2 rings (SSSR count). The highest BCUT2D eigenvalue weighted by Crippen LogP contribution is 2.14. The van der Waals surface area contributed by atoms with E-state index in [4.69, 9.17) is 4.74 Å². The minimum atomic E-state index is 0.867. The fourth-order valence-electron chi connectivity index (χ4n) is 1.40. The van der Waals surface area contributed by atoms with Gasteiger partial charge in [0, 0.05) is 0 Å². The van der Waals surface area contributed by atoms with Crippen molar-refractivity contribution in [3.63, 3.8) is 0 Å². The second-order valence-electron chi connectivity index (χ2n) is 3.96. The van der Waals surface area contributed by atoms with Gasteiger partial charge in [0.2, 0.25) is 0 Å². The SMILES string of the molecule is Cc1ccc([CH]Oc2ccc(C)cc2)cc1. The first-order chi connectivity index (χ1) is 7.74. The molecule has 0 aliphatic heterocycles. The van der Waals surface area contributed by atoms with Crippen molar-refractivity contribution < 1.29 is 4.74 Å². The van der Waals surface area contributed by atoms with E-state index in [2.05, 4.69) is 26.0 Å². The first kappa shape index (κ1) is 10.7. The molecule has 0 bridgehead atoms. The maximum Gasteiger partial charge on any atom is 0.165 e. The topological polar surface area (TPSA) is 9.23 Å². The molecular formula is C15H15O. The average molecular weight is 211 g/mol. The van der Waals surface area contributed by atoms with Gasteiger partial charge in [-0.3, -0.25) is 0 Å². The Kier molecular flexibility index (Phi) is 3.25. The molecule has 0 amide bonds. The molecule has 2 aromatic rings. The zero-order valence-electron chi connectivity index (χ0n) is 9.60. The summed E-state index contributed by atoms with van der Waals surface area (Å²) in [6.45, 7) is 5.90. The molecule has 1 heteroatoms. The van der Waals surface area contributed by atoms with Gasteiger partial charge in [0.05, 0.1) is 0 Å². The monoisotopic (exact) mass is 211 g/mol. The summed E-state index contributed by atoms with van der Waals surface area (Å²) in [5.74, 6) is 0.867. The normalized spacial score (nSPS) is 10.1. The Balaban J connectivity index is 1.97. The summed E-state index contributed by atoms with van der Waals surface area (Å²) in [4.78, 5) is 0. The van der Waals surface area contributed by atoms with Gasteiger partial charge in [0.25, 0.3) is 0 Å². The number of aryl methyl sites for hydroxylation is 2. The molecule has 0 spiro atoms. The predicted molar refractivity (Wildman–Crippen MR) is 66.4 cm³/mol. The van der Waals surface area contributed by atoms with Crippen molar-refractivity contribution in [2.24, 2.45) is 0 Å². The summed E-state index contributed by atoms with van der Waals surface area (Å²) in [5.41, 5.74) is 3.57. The van der Waals surface area contributed by atoms with Gasteiger partial charge in [-0.2, -0.15) is 0 Å². The van der Waals surface area contributed by atoms with Crippen molar-refractivity contribution in [3.8, 4) is 5.75 Å². The maximum atomic E-state index is 5.56. The van der Waals surface area contributed by atoms with E-state index < -0.39 is 0 Å². The highest BCUT2D eigenvalue weighted by Gasteiger charge is 1.96. The van der Waals surface area contributed by atoms with E-state index >= 15 is 0 Å². The van der Waals surface area contributed by atoms with E-state index in [0.717, 1.165) is 11.3 Å². The van der Waals surface area contributed by atoms with Crippen LogP contribution in [0, 0.1) is 20.5 Å². The molecule has 0 aromatic heterocycles. The lowest BCUT2D eigenvalue weighted by atomic mass is 10.2. The Morgan fingerprint density at radius 2 is 1.25 bits per heavy atom. The van der Waals surface area contributed by atoms with E-state index in [1.807, 2.05) is 36.4 Å². The van der Waals surface area contributed by atoms with E-state index in [-0.39, 0.29) is 0 Å². The average Bonchev–Trinajstić information content (AvgIpc) is 2.30. The molecule has 0 saturated heterocycles. The van der Waals surface area contributed by atoms with E-state index in [1.54, 1.807) is 6.61 Å². The second kappa shape index (κ2) is 4.84. The van der Waals surface area contributed by atoms with Crippen molar-refractivity contribution in [3.05, 3.63) is 71.8 Å². The standard InChI is InChI=1S/C15H15O/c1-12-3-7-14(8-4-12)11-16-15-9-5-13(2)6-10-15/h3-11H,1-2H3. The van der Waals surface area contributed by atoms with Crippen molar-refractivity contribution in [1.82, 2.24) is 0 Å². The Morgan fingerprint density at radius 1 is 0.750 bits per heavy atom. The Morgan fingerprint density at radius 3 is 1.81 bits per heavy atom. The van der Waals surface area contributed by atoms with Gasteiger partial charge in [-0.15, -0.1) is 0 Å². The number of hydrogen-bond donors (Lipinski definition) is 0. The van der Waals surface area contributed by atoms with Crippen LogP contribution in [0.15, 0.2) is 48.5 Å². The summed E-state index contributed by atoms with van der Waals surface area (Å²) in [7, 11) is 0. The minimum Gasteiger partial charge on any atom is -0.481 e. The van der Waals surface area contributed by atoms with Crippen LogP contribution in [0.4, 0.5) is 0 Å². The van der Waals surface area contributed by atoms with E-state index in [9.17, 15) is 0 Å². The van der Waals surface area contributed by atoms with Gasteiger partial charge in [-0.1, -0.05) is 47.5 Å². The van der Waals surface area contributed by atoms with E-state index in [1.165, 1.54) is 11.1 Å². The van der Waals surface area contributed by atoms with Crippen LogP contribution in [0.1, 0.15) is 16.7 Å². The molecule has 0 aliphatic rings. The lowest BCUT2D eigenvalue weighted by molar-refractivity contribution is 0.428. The van der Waals surface area contributed by atoms with Crippen molar-refractivity contribution in [2.75, 3.05) is 0 Å². The lowest BCUT2D eigenvalue weighted by Gasteiger charge is -2.05. The van der Waals surface area contributed by atoms with Gasteiger partial charge in [0.1, 0.15) is 5.75 Å². The molecule has 0 fully saturated rings. The molecule has 0 aliphatic carbocycles. The van der Waals surface area contributed by atoms with Gasteiger partial charge in [-0.25, -0.2) is 0 Å². The molecule has 0 unspecified atom stereocenters. The van der Waals surface area contributed by atoms with Crippen LogP contribution in [0.2, 0.25) is 0 Å². The van der Waals surface area contributed by atoms with Crippen molar-refractivity contribution >= 4 is 0 Å². The zero-order valence-corrected chi connectivity index (χ0v) is 9.60. The molecule has 0 heterocycles. The molecule has 0 N–H and O–H groups in total. The summed E-state index contributed by atoms with van der Waals surface area (Å²) in [6, 6.07) is 16.3. The van der Waals surface area contributed by atoms with Crippen molar-refractivity contribution in [2.45, 2.75) is 13.8 Å². The molecule has 16 heavy (non-hydrogen) atoms. The number of ether oxygens (including phenoxy) is 1. The quantitative estimate of drug-likeness (QED) is 0.748. The highest BCUT2D eigenvalue weighted by atomic mass is 16.5. The largest absolute Gasteiger partial charge is 0.481 e. The van der Waals surface area contributed by atoms with E-state index in [0.29, 0.717) is 0 Å². The third-order valence-electron chi connectivity index (χ3n) is 2.43. The second-order valence-corrected chi connectivity index (χ2v) is 3.96. The van der Waals surface area contributed by atoms with Crippen LogP contribution in [-0.4, -0.2) is 0 Å². The predicted octanol–water partition coefficient (Wildman–Crippen LogP) is 3.89. The van der Waals surface area contributed by atoms with Crippen LogP contribution < -0.4 is 4.74 Å². The van der Waals surface area contributed by atoms with Crippen LogP contribution in [0.25, 0.3) is 0 Å². The van der Waals surface area contributed by atoms with Crippen LogP contribution in [-0.2, 0) is 0 Å². The van der Waals surface area contributed by atoms with Gasteiger partial charge in [0.15, 0.2) is 6.61 Å². The van der Waals surface area contributed by atoms with Gasteiger partial charge >= 0.3 is 0 Å². The molecule has 0 atom stereocenters. The Bertz CT molecular complexity index is 394. The summed E-state index contributed by atoms with van der Waals surface area (Å²) in [6.07, 6.45) is 0. The van der Waals surface area contributed by atoms with Crippen LogP contribution in [0.3, 0.4) is 0 Å². The summed E-state index contributed by atoms with van der Waals surface area (Å²) >= 11 is 0. The maximum absolute atomic E-state index is 5.56. The zero-order chi connectivity index (χ0) is 11.4. The number of hydrogen-bond acceptors (Lipinski definition) is 1. The van der Waals surface area contributed by atoms with Crippen molar-refractivity contribution in [1.29, 1.82) is 0 Å². The molecule has 0 saturated carbocycles. The van der Waals surface area contributed by atoms with Crippen LogP contribution >= 0.6 is 0 Å². The number of rotatable bonds is 3.